The summed E-state index contributed by atoms with van der Waals surface area (Å²) in [6, 6.07) is 10.9. The standard InChI is InChI=1S/C23H21N3O4S/c1-4-30-23(28)18-13(2)25-21-19(20(18)24)17(12-16-6-5-11-31-16)22(27)26(21)14-7-9-15(29-3)10-8-14/h5-12H,4H2,1-3H3,(H2,24,25)/b17-12-. The average molecular weight is 436 g/mol. The molecule has 4 rings (SSSR count). The molecule has 3 heterocycles. The first-order valence-electron chi connectivity index (χ1n) is 9.67. The number of hydrogen-bond donors (Lipinski definition) is 1. The van der Waals surface area contributed by atoms with E-state index in [0.29, 0.717) is 34.1 Å². The molecule has 1 aromatic carbocycles. The second kappa shape index (κ2) is 8.23. The lowest BCUT2D eigenvalue weighted by Crippen LogP contribution is -2.21. The van der Waals surface area contributed by atoms with E-state index in [-0.39, 0.29) is 23.8 Å². The van der Waals surface area contributed by atoms with Crippen molar-refractivity contribution in [1.82, 2.24) is 4.98 Å². The third-order valence-corrected chi connectivity index (χ3v) is 5.77. The number of fused-ring (bicyclic) bond motifs is 1. The second-order valence-corrected chi connectivity index (χ2v) is 7.80. The van der Waals surface area contributed by atoms with E-state index in [9.17, 15) is 9.59 Å². The zero-order valence-electron chi connectivity index (χ0n) is 17.3. The fourth-order valence-corrected chi connectivity index (χ4v) is 4.20. The van der Waals surface area contributed by atoms with E-state index in [1.165, 1.54) is 16.2 Å². The third kappa shape index (κ3) is 3.55. The normalized spacial score (nSPS) is 14.1. The minimum absolute atomic E-state index is 0.182. The van der Waals surface area contributed by atoms with E-state index in [0.717, 1.165) is 4.88 Å². The van der Waals surface area contributed by atoms with Crippen molar-refractivity contribution in [3.63, 3.8) is 0 Å². The summed E-state index contributed by atoms with van der Waals surface area (Å²) in [7, 11) is 1.58. The van der Waals surface area contributed by atoms with Gasteiger partial charge in [0.05, 0.1) is 41.9 Å². The molecule has 0 saturated heterocycles. The Hall–Kier alpha value is -3.65. The molecule has 3 aromatic rings. The van der Waals surface area contributed by atoms with Crippen LogP contribution in [-0.2, 0) is 9.53 Å². The summed E-state index contributed by atoms with van der Waals surface area (Å²) in [5.74, 6) is 0.235. The monoisotopic (exact) mass is 435 g/mol. The smallest absolute Gasteiger partial charge is 0.342 e. The summed E-state index contributed by atoms with van der Waals surface area (Å²) in [4.78, 5) is 33.1. The topological polar surface area (TPSA) is 94.8 Å². The average Bonchev–Trinajstić information content (AvgIpc) is 3.35. The number of benzene rings is 1. The SMILES string of the molecule is CCOC(=O)c1c(C)nc2c(c1N)/C(=C/c1cccs1)C(=O)N2c1ccc(OC)cc1. The van der Waals surface area contributed by atoms with Crippen LogP contribution >= 0.6 is 11.3 Å². The van der Waals surface area contributed by atoms with Crippen molar-refractivity contribution in [2.45, 2.75) is 13.8 Å². The molecule has 0 aliphatic carbocycles. The third-order valence-electron chi connectivity index (χ3n) is 4.95. The summed E-state index contributed by atoms with van der Waals surface area (Å²) < 4.78 is 10.4. The van der Waals surface area contributed by atoms with Gasteiger partial charge in [-0.3, -0.25) is 9.69 Å². The van der Waals surface area contributed by atoms with Gasteiger partial charge in [-0.05, 0) is 55.6 Å². The van der Waals surface area contributed by atoms with E-state index in [1.807, 2.05) is 17.5 Å². The number of nitrogens with zero attached hydrogens (tertiary/aromatic N) is 2. The molecule has 158 valence electrons. The Kier molecular flexibility index (Phi) is 5.48. The van der Waals surface area contributed by atoms with Crippen LogP contribution in [0.3, 0.4) is 0 Å². The maximum absolute atomic E-state index is 13.5. The van der Waals surface area contributed by atoms with Crippen LogP contribution in [0.2, 0.25) is 0 Å². The van der Waals surface area contributed by atoms with Crippen LogP contribution in [0.4, 0.5) is 17.2 Å². The maximum Gasteiger partial charge on any atom is 0.342 e. The van der Waals surface area contributed by atoms with Gasteiger partial charge in [-0.25, -0.2) is 9.78 Å². The Morgan fingerprint density at radius 3 is 2.61 bits per heavy atom. The molecule has 7 nitrogen and oxygen atoms in total. The molecule has 0 saturated carbocycles. The lowest BCUT2D eigenvalue weighted by molar-refractivity contribution is -0.112. The van der Waals surface area contributed by atoms with Gasteiger partial charge in [0.1, 0.15) is 11.3 Å². The minimum Gasteiger partial charge on any atom is -0.497 e. The van der Waals surface area contributed by atoms with Crippen molar-refractivity contribution in [1.29, 1.82) is 0 Å². The first-order valence-corrected chi connectivity index (χ1v) is 10.6. The molecule has 1 aliphatic heterocycles. The number of ether oxygens (including phenoxy) is 2. The number of methoxy groups -OCH3 is 1. The van der Waals surface area contributed by atoms with Crippen molar-refractivity contribution in [2.75, 3.05) is 24.4 Å². The minimum atomic E-state index is -0.557. The van der Waals surface area contributed by atoms with Crippen molar-refractivity contribution in [2.24, 2.45) is 0 Å². The number of carbonyl (C=O) groups excluding carboxylic acids is 2. The molecular formula is C23H21N3O4S. The lowest BCUT2D eigenvalue weighted by atomic mass is 10.0. The van der Waals surface area contributed by atoms with Crippen LogP contribution in [-0.4, -0.2) is 30.6 Å². The highest BCUT2D eigenvalue weighted by molar-refractivity contribution is 7.11. The van der Waals surface area contributed by atoms with Gasteiger partial charge in [0, 0.05) is 4.88 Å². The Morgan fingerprint density at radius 1 is 1.26 bits per heavy atom. The summed E-state index contributed by atoms with van der Waals surface area (Å²) in [5, 5.41) is 1.93. The highest BCUT2D eigenvalue weighted by atomic mass is 32.1. The number of pyridine rings is 1. The predicted octanol–water partition coefficient (Wildman–Crippen LogP) is 4.44. The number of carbonyl (C=O) groups is 2. The number of thiophene rings is 1. The molecule has 31 heavy (non-hydrogen) atoms. The van der Waals surface area contributed by atoms with E-state index >= 15 is 0 Å². The zero-order valence-corrected chi connectivity index (χ0v) is 18.2. The van der Waals surface area contributed by atoms with Gasteiger partial charge in [0.25, 0.3) is 5.91 Å². The van der Waals surface area contributed by atoms with Gasteiger partial charge in [-0.15, -0.1) is 11.3 Å². The Balaban J connectivity index is 1.95. The van der Waals surface area contributed by atoms with Gasteiger partial charge in [0.2, 0.25) is 0 Å². The molecule has 2 aromatic heterocycles. The number of nitrogen functional groups attached to an aromatic ring is 1. The quantitative estimate of drug-likeness (QED) is 0.470. The molecule has 0 unspecified atom stereocenters. The van der Waals surface area contributed by atoms with Crippen LogP contribution in [0, 0.1) is 6.92 Å². The van der Waals surface area contributed by atoms with E-state index in [1.54, 1.807) is 51.3 Å². The fraction of sp³-hybridized carbons (Fsp3) is 0.174. The number of nitrogens with two attached hydrogens (primary N) is 1. The van der Waals surface area contributed by atoms with Crippen LogP contribution in [0.5, 0.6) is 5.75 Å². The van der Waals surface area contributed by atoms with Gasteiger partial charge in [0.15, 0.2) is 5.82 Å². The maximum atomic E-state index is 13.5. The molecule has 1 amide bonds. The molecule has 8 heteroatoms. The van der Waals surface area contributed by atoms with Crippen molar-refractivity contribution in [3.05, 3.63) is 63.5 Å². The van der Waals surface area contributed by atoms with E-state index in [4.69, 9.17) is 15.2 Å². The second-order valence-electron chi connectivity index (χ2n) is 6.82. The first kappa shape index (κ1) is 20.6. The summed E-state index contributed by atoms with van der Waals surface area (Å²) in [6.45, 7) is 3.62. The van der Waals surface area contributed by atoms with Gasteiger partial charge in [-0.1, -0.05) is 6.07 Å². The molecule has 0 spiro atoms. The van der Waals surface area contributed by atoms with Crippen molar-refractivity contribution >= 4 is 52.1 Å². The predicted molar refractivity (Wildman–Crippen MR) is 122 cm³/mol. The molecular weight excluding hydrogens is 414 g/mol. The van der Waals surface area contributed by atoms with Gasteiger partial charge < -0.3 is 15.2 Å². The van der Waals surface area contributed by atoms with Crippen molar-refractivity contribution < 1.29 is 19.1 Å². The molecule has 0 bridgehead atoms. The van der Waals surface area contributed by atoms with E-state index < -0.39 is 5.97 Å². The first-order chi connectivity index (χ1) is 15.0. The van der Waals surface area contributed by atoms with Crippen LogP contribution in [0.25, 0.3) is 11.6 Å². The molecule has 0 atom stereocenters. The Bertz CT molecular complexity index is 1180. The fourth-order valence-electron chi connectivity index (χ4n) is 3.54. The Morgan fingerprint density at radius 2 is 2.00 bits per heavy atom. The number of amides is 1. The van der Waals surface area contributed by atoms with Gasteiger partial charge >= 0.3 is 5.97 Å². The number of aromatic nitrogens is 1. The Labute approximate surface area is 183 Å². The molecule has 0 fully saturated rings. The molecule has 0 radical (unpaired) electrons. The summed E-state index contributed by atoms with van der Waals surface area (Å²) in [5.41, 5.74) is 8.66. The number of hydrogen-bond acceptors (Lipinski definition) is 7. The summed E-state index contributed by atoms with van der Waals surface area (Å²) in [6.07, 6.45) is 1.78. The van der Waals surface area contributed by atoms with Crippen LogP contribution < -0.4 is 15.4 Å². The number of anilines is 3. The molecule has 1 aliphatic rings. The largest absolute Gasteiger partial charge is 0.497 e. The highest BCUT2D eigenvalue weighted by Crippen LogP contribution is 2.46. The lowest BCUT2D eigenvalue weighted by Gasteiger charge is -2.18. The van der Waals surface area contributed by atoms with Crippen LogP contribution in [0.15, 0.2) is 41.8 Å². The number of aryl methyl sites for hydroxylation is 1. The molecule has 2 N–H and O–H groups in total. The van der Waals surface area contributed by atoms with Crippen molar-refractivity contribution in [3.8, 4) is 5.75 Å². The zero-order chi connectivity index (χ0) is 22.1. The van der Waals surface area contributed by atoms with Crippen LogP contribution in [0.1, 0.15) is 33.4 Å². The van der Waals surface area contributed by atoms with Gasteiger partial charge in [-0.2, -0.15) is 0 Å². The number of rotatable bonds is 5. The van der Waals surface area contributed by atoms with E-state index in [2.05, 4.69) is 4.98 Å². The number of esters is 1. The summed E-state index contributed by atoms with van der Waals surface area (Å²) >= 11 is 1.50. The highest BCUT2D eigenvalue weighted by Gasteiger charge is 2.39.